The number of pyridine rings is 1. The summed E-state index contributed by atoms with van der Waals surface area (Å²) in [4.78, 5) is 37.5. The molecule has 0 unspecified atom stereocenters. The Morgan fingerprint density at radius 3 is 2.47 bits per heavy atom. The zero-order valence-corrected chi connectivity index (χ0v) is 18.2. The second-order valence-electron chi connectivity index (χ2n) is 7.39. The number of piperazine rings is 1. The topological polar surface area (TPSA) is 128 Å². The largest absolute Gasteiger partial charge is 0.325 e. The smallest absolute Gasteiger partial charge is 0.280 e. The third-order valence-electron chi connectivity index (χ3n) is 5.17. The molecule has 0 aliphatic carbocycles. The molecule has 32 heavy (non-hydrogen) atoms. The van der Waals surface area contributed by atoms with Crippen LogP contribution in [-0.2, 0) is 10.0 Å². The first kappa shape index (κ1) is 21.8. The Morgan fingerprint density at radius 2 is 1.81 bits per heavy atom. The van der Waals surface area contributed by atoms with Gasteiger partial charge in [-0.2, -0.15) is 4.31 Å². The maximum absolute atomic E-state index is 12.9. The van der Waals surface area contributed by atoms with E-state index >= 15 is 0 Å². The van der Waals surface area contributed by atoms with Crippen molar-refractivity contribution in [2.75, 3.05) is 38.5 Å². The van der Waals surface area contributed by atoms with Crippen LogP contribution in [0.1, 0.15) is 10.5 Å². The van der Waals surface area contributed by atoms with E-state index in [0.717, 1.165) is 0 Å². The van der Waals surface area contributed by atoms with Gasteiger partial charge in [-0.15, -0.1) is 0 Å². The van der Waals surface area contributed by atoms with E-state index in [9.17, 15) is 18.0 Å². The lowest BCUT2D eigenvalue weighted by Gasteiger charge is -2.31. The summed E-state index contributed by atoms with van der Waals surface area (Å²) in [5, 5.41) is 2.57. The van der Waals surface area contributed by atoms with E-state index in [0.29, 0.717) is 43.1 Å². The lowest BCUT2D eigenvalue weighted by atomic mass is 10.1. The Bertz CT molecular complexity index is 1270. The Kier molecular flexibility index (Phi) is 6.12. The molecule has 11 heteroatoms. The molecule has 10 nitrogen and oxygen atoms in total. The summed E-state index contributed by atoms with van der Waals surface area (Å²) in [6.07, 6.45) is 4.40. The summed E-state index contributed by atoms with van der Waals surface area (Å²) in [5.74, 6) is -0.671. The number of hydrogen-bond donors (Lipinski definition) is 2. The lowest BCUT2D eigenvalue weighted by Crippen LogP contribution is -2.46. The van der Waals surface area contributed by atoms with E-state index in [4.69, 9.17) is 0 Å². The molecule has 4 rings (SSSR count). The van der Waals surface area contributed by atoms with E-state index in [1.165, 1.54) is 28.8 Å². The second-order valence-corrected chi connectivity index (χ2v) is 9.33. The summed E-state index contributed by atoms with van der Waals surface area (Å²) >= 11 is 0. The molecule has 0 atom stereocenters. The number of amides is 1. The minimum absolute atomic E-state index is 0.185. The molecule has 1 saturated heterocycles. The first-order chi connectivity index (χ1) is 15.3. The van der Waals surface area contributed by atoms with Crippen molar-refractivity contribution in [2.24, 2.45) is 0 Å². The Hall–Kier alpha value is -3.41. The summed E-state index contributed by atoms with van der Waals surface area (Å²) in [6.45, 7) is 2.25. The molecule has 1 aliphatic rings. The number of aromatic amines is 1. The van der Waals surface area contributed by atoms with Gasteiger partial charge in [0.15, 0.2) is 5.69 Å². The number of likely N-dealkylation sites (N-methyl/N-ethyl adjacent to an activating group) is 1. The van der Waals surface area contributed by atoms with Crippen LogP contribution < -0.4 is 10.9 Å². The van der Waals surface area contributed by atoms with E-state index in [1.54, 1.807) is 30.5 Å². The van der Waals surface area contributed by atoms with Crippen LogP contribution in [0.15, 0.2) is 64.7 Å². The molecule has 3 aromatic rings. The highest BCUT2D eigenvalue weighted by Gasteiger charge is 2.27. The van der Waals surface area contributed by atoms with Gasteiger partial charge in [0.2, 0.25) is 10.0 Å². The van der Waals surface area contributed by atoms with Crippen molar-refractivity contribution in [1.29, 1.82) is 0 Å². The lowest BCUT2D eigenvalue weighted by molar-refractivity contribution is 0.102. The average molecular weight is 455 g/mol. The Balaban J connectivity index is 1.56. The number of sulfonamides is 1. The first-order valence-corrected chi connectivity index (χ1v) is 11.4. The number of nitrogens with one attached hydrogen (secondary N) is 2. The molecule has 2 aromatic heterocycles. The quantitative estimate of drug-likeness (QED) is 0.589. The number of rotatable bonds is 5. The van der Waals surface area contributed by atoms with E-state index in [-0.39, 0.29) is 10.6 Å². The van der Waals surface area contributed by atoms with Crippen LogP contribution in [0, 0.1) is 0 Å². The normalized spacial score (nSPS) is 15.4. The van der Waals surface area contributed by atoms with Gasteiger partial charge in [-0.25, -0.2) is 13.4 Å². The molecule has 1 aromatic carbocycles. The minimum Gasteiger partial charge on any atom is -0.325 e. The number of carbonyl (C=O) groups excluding carboxylic acids is 1. The predicted octanol–water partition coefficient (Wildman–Crippen LogP) is 1.02. The zero-order valence-electron chi connectivity index (χ0n) is 17.4. The number of nitrogens with zero attached hydrogens (tertiary/aromatic N) is 4. The van der Waals surface area contributed by atoms with E-state index in [1.807, 2.05) is 7.05 Å². The van der Waals surface area contributed by atoms with Crippen LogP contribution >= 0.6 is 0 Å². The molecular weight excluding hydrogens is 432 g/mol. The van der Waals surface area contributed by atoms with Crippen LogP contribution in [0.25, 0.3) is 11.3 Å². The highest BCUT2D eigenvalue weighted by Crippen LogP contribution is 2.22. The van der Waals surface area contributed by atoms with Gasteiger partial charge >= 0.3 is 0 Å². The third-order valence-corrected chi connectivity index (χ3v) is 7.08. The predicted molar refractivity (Wildman–Crippen MR) is 119 cm³/mol. The van der Waals surface area contributed by atoms with Gasteiger partial charge in [-0.05, 0) is 31.3 Å². The summed E-state index contributed by atoms with van der Waals surface area (Å²) in [6, 6.07) is 9.51. The number of anilines is 1. The van der Waals surface area contributed by atoms with Gasteiger partial charge < -0.3 is 15.2 Å². The summed E-state index contributed by atoms with van der Waals surface area (Å²) in [5.41, 5.74) is 0.394. The Labute approximate surface area is 185 Å². The summed E-state index contributed by atoms with van der Waals surface area (Å²) < 4.78 is 27.3. The molecule has 2 N–H and O–H groups in total. The van der Waals surface area contributed by atoms with E-state index < -0.39 is 21.5 Å². The molecule has 1 amide bonds. The number of hydrogen-bond acceptors (Lipinski definition) is 7. The molecule has 0 radical (unpaired) electrons. The molecule has 3 heterocycles. The SMILES string of the molecule is CN1CCN(S(=O)(=O)c2ccc(-c3c[nH]c(=O)c(C(=O)Nc4cccnc4)n3)cc2)CC1. The first-order valence-electron chi connectivity index (χ1n) is 9.95. The zero-order chi connectivity index (χ0) is 22.7. The average Bonchev–Trinajstić information content (AvgIpc) is 2.80. The van der Waals surface area contributed by atoms with Gasteiger partial charge in [0.25, 0.3) is 11.5 Å². The summed E-state index contributed by atoms with van der Waals surface area (Å²) in [7, 11) is -1.63. The van der Waals surface area contributed by atoms with Crippen molar-refractivity contribution in [3.05, 3.63) is 71.0 Å². The molecular formula is C21H22N6O4S. The molecule has 1 aliphatic heterocycles. The van der Waals surface area contributed by atoms with Gasteiger partial charge in [0.05, 0.1) is 22.5 Å². The second kappa shape index (κ2) is 8.99. The van der Waals surface area contributed by atoms with Crippen molar-refractivity contribution in [2.45, 2.75) is 4.90 Å². The third kappa shape index (κ3) is 4.59. The van der Waals surface area contributed by atoms with Gasteiger partial charge in [0.1, 0.15) is 0 Å². The van der Waals surface area contributed by atoms with Crippen molar-refractivity contribution in [3.8, 4) is 11.3 Å². The van der Waals surface area contributed by atoms with Crippen LogP contribution in [0.5, 0.6) is 0 Å². The highest BCUT2D eigenvalue weighted by atomic mass is 32.2. The van der Waals surface area contributed by atoms with Crippen molar-refractivity contribution >= 4 is 21.6 Å². The maximum Gasteiger partial charge on any atom is 0.280 e. The maximum atomic E-state index is 12.9. The van der Waals surface area contributed by atoms with Gasteiger partial charge in [0, 0.05) is 44.1 Å². The minimum atomic E-state index is -3.59. The molecule has 166 valence electrons. The van der Waals surface area contributed by atoms with Crippen LogP contribution in [0.4, 0.5) is 5.69 Å². The van der Waals surface area contributed by atoms with E-state index in [2.05, 4.69) is 25.2 Å². The number of carbonyl (C=O) groups is 1. The van der Waals surface area contributed by atoms with Crippen LogP contribution in [0.3, 0.4) is 0 Å². The molecule has 0 spiro atoms. The fourth-order valence-corrected chi connectivity index (χ4v) is 4.73. The van der Waals surface area contributed by atoms with Crippen LogP contribution in [-0.4, -0.2) is 71.7 Å². The Morgan fingerprint density at radius 1 is 1.09 bits per heavy atom. The fourth-order valence-electron chi connectivity index (χ4n) is 3.31. The number of benzene rings is 1. The molecule has 0 saturated carbocycles. The highest BCUT2D eigenvalue weighted by molar-refractivity contribution is 7.89. The monoisotopic (exact) mass is 454 g/mol. The van der Waals surface area contributed by atoms with Crippen LogP contribution in [0.2, 0.25) is 0 Å². The number of aromatic nitrogens is 3. The standard InChI is InChI=1S/C21H22N6O4S/c1-26-9-11-27(12-10-26)32(30,31)17-6-4-15(5-7-17)18-14-23-20(28)19(25-18)21(29)24-16-3-2-8-22-13-16/h2-8,13-14H,9-12H2,1H3,(H,23,28)(H,24,29). The van der Waals surface area contributed by atoms with Crippen molar-refractivity contribution in [1.82, 2.24) is 24.2 Å². The van der Waals surface area contributed by atoms with Gasteiger partial charge in [-0.3, -0.25) is 14.6 Å². The molecule has 0 bridgehead atoms. The van der Waals surface area contributed by atoms with Crippen molar-refractivity contribution < 1.29 is 13.2 Å². The fraction of sp³-hybridized carbons (Fsp3) is 0.238. The molecule has 1 fully saturated rings. The number of H-pyrrole nitrogens is 1. The van der Waals surface area contributed by atoms with Crippen molar-refractivity contribution in [3.63, 3.8) is 0 Å². The van der Waals surface area contributed by atoms with Gasteiger partial charge in [-0.1, -0.05) is 12.1 Å².